The summed E-state index contributed by atoms with van der Waals surface area (Å²) in [5.74, 6) is 1.56. The molecular formula is C17H24ClN. The Morgan fingerprint density at radius 3 is 2.74 bits per heavy atom. The van der Waals surface area contributed by atoms with E-state index in [4.69, 9.17) is 11.6 Å². The number of halogens is 1. The van der Waals surface area contributed by atoms with Crippen LogP contribution in [-0.4, -0.2) is 12.6 Å². The van der Waals surface area contributed by atoms with E-state index in [9.17, 15) is 0 Å². The molecule has 2 heteroatoms. The van der Waals surface area contributed by atoms with Crippen LogP contribution < -0.4 is 4.90 Å². The van der Waals surface area contributed by atoms with Crippen LogP contribution in [-0.2, 0) is 5.88 Å². The van der Waals surface area contributed by atoms with E-state index >= 15 is 0 Å². The van der Waals surface area contributed by atoms with E-state index in [-0.39, 0.29) is 0 Å². The van der Waals surface area contributed by atoms with E-state index in [1.807, 2.05) is 0 Å². The average Bonchev–Trinajstić information content (AvgIpc) is 2.46. The Balaban J connectivity index is 1.85. The lowest BCUT2D eigenvalue weighted by molar-refractivity contribution is 0.244. The van der Waals surface area contributed by atoms with Crippen LogP contribution >= 0.6 is 11.6 Å². The first-order valence-electron chi connectivity index (χ1n) is 7.71. The molecular weight excluding hydrogens is 254 g/mol. The molecule has 104 valence electrons. The highest BCUT2D eigenvalue weighted by molar-refractivity contribution is 6.17. The van der Waals surface area contributed by atoms with E-state index in [0.717, 1.165) is 12.0 Å². The van der Waals surface area contributed by atoms with Crippen LogP contribution in [0.25, 0.3) is 0 Å². The molecule has 0 N–H and O–H groups in total. The minimum absolute atomic E-state index is 0.623. The summed E-state index contributed by atoms with van der Waals surface area (Å²) in [5, 5.41) is 0. The summed E-state index contributed by atoms with van der Waals surface area (Å²) in [5.41, 5.74) is 4.02. The van der Waals surface area contributed by atoms with Gasteiger partial charge in [0.25, 0.3) is 0 Å². The molecule has 0 bridgehead atoms. The van der Waals surface area contributed by atoms with Gasteiger partial charge < -0.3 is 4.90 Å². The van der Waals surface area contributed by atoms with Crippen molar-refractivity contribution < 1.29 is 0 Å². The van der Waals surface area contributed by atoms with Gasteiger partial charge in [-0.2, -0.15) is 0 Å². The van der Waals surface area contributed by atoms with E-state index in [0.29, 0.717) is 5.88 Å². The maximum absolute atomic E-state index is 5.97. The minimum atomic E-state index is 0.623. The van der Waals surface area contributed by atoms with Gasteiger partial charge >= 0.3 is 0 Å². The fourth-order valence-corrected chi connectivity index (χ4v) is 4.25. The number of fused-ring (bicyclic) bond motifs is 1. The van der Waals surface area contributed by atoms with E-state index in [1.54, 1.807) is 0 Å². The Morgan fingerprint density at radius 1 is 1.16 bits per heavy atom. The van der Waals surface area contributed by atoms with Crippen LogP contribution in [0.2, 0.25) is 0 Å². The summed E-state index contributed by atoms with van der Waals surface area (Å²) in [7, 11) is 0. The monoisotopic (exact) mass is 277 g/mol. The third-order valence-electron chi connectivity index (χ3n) is 5.05. The zero-order valence-corrected chi connectivity index (χ0v) is 12.6. The van der Waals surface area contributed by atoms with Crippen LogP contribution in [0.4, 0.5) is 5.69 Å². The summed E-state index contributed by atoms with van der Waals surface area (Å²) in [4.78, 5) is 2.68. The fraction of sp³-hybridized carbons (Fsp3) is 0.647. The molecule has 1 aliphatic heterocycles. The molecule has 0 aromatic heterocycles. The van der Waals surface area contributed by atoms with Crippen molar-refractivity contribution in [3.8, 4) is 0 Å². The first-order chi connectivity index (χ1) is 9.29. The van der Waals surface area contributed by atoms with Crippen molar-refractivity contribution in [2.45, 2.75) is 57.4 Å². The van der Waals surface area contributed by atoms with Crippen LogP contribution in [0.3, 0.4) is 0 Å². The number of aryl methyl sites for hydroxylation is 1. The molecule has 2 unspecified atom stereocenters. The van der Waals surface area contributed by atoms with Gasteiger partial charge in [-0.05, 0) is 61.8 Å². The molecule has 1 aromatic carbocycles. The fourth-order valence-electron chi connectivity index (χ4n) is 3.95. The second-order valence-electron chi connectivity index (χ2n) is 6.19. The third kappa shape index (κ3) is 2.63. The van der Waals surface area contributed by atoms with Gasteiger partial charge in [0.15, 0.2) is 0 Å². The molecule has 0 radical (unpaired) electrons. The van der Waals surface area contributed by atoms with Crippen molar-refractivity contribution >= 4 is 17.3 Å². The molecule has 1 aliphatic carbocycles. The Morgan fingerprint density at radius 2 is 1.95 bits per heavy atom. The summed E-state index contributed by atoms with van der Waals surface area (Å²) in [6.07, 6.45) is 8.49. The molecule has 3 rings (SSSR count). The average molecular weight is 278 g/mol. The van der Waals surface area contributed by atoms with Crippen molar-refractivity contribution in [3.05, 3.63) is 29.3 Å². The maximum atomic E-state index is 5.97. The van der Waals surface area contributed by atoms with Crippen molar-refractivity contribution in [2.75, 3.05) is 11.4 Å². The quantitative estimate of drug-likeness (QED) is 0.696. The Kier molecular flexibility index (Phi) is 4.02. The Bertz CT molecular complexity index is 441. The normalized spacial score (nSPS) is 27.2. The topological polar surface area (TPSA) is 3.24 Å². The van der Waals surface area contributed by atoms with E-state index < -0.39 is 0 Å². The molecule has 1 nitrogen and oxygen atoms in total. The maximum Gasteiger partial charge on any atom is 0.0476 e. The number of rotatable bonds is 2. The highest BCUT2D eigenvalue weighted by atomic mass is 35.5. The van der Waals surface area contributed by atoms with Gasteiger partial charge in [0.05, 0.1) is 0 Å². The SMILES string of the molecule is Cc1cc(N2CCCC3CCCCC32)ccc1CCl. The Hall–Kier alpha value is -0.690. The first kappa shape index (κ1) is 13.3. The lowest BCUT2D eigenvalue weighted by Crippen LogP contribution is -2.46. The van der Waals surface area contributed by atoms with Crippen molar-refractivity contribution in [1.82, 2.24) is 0 Å². The molecule has 2 atom stereocenters. The van der Waals surface area contributed by atoms with Crippen LogP contribution in [0.5, 0.6) is 0 Å². The van der Waals surface area contributed by atoms with Gasteiger partial charge in [-0.3, -0.25) is 0 Å². The number of alkyl halides is 1. The highest BCUT2D eigenvalue weighted by Crippen LogP contribution is 2.38. The molecule has 0 spiro atoms. The number of hydrogen-bond acceptors (Lipinski definition) is 1. The van der Waals surface area contributed by atoms with Gasteiger partial charge in [-0.25, -0.2) is 0 Å². The number of anilines is 1. The summed E-state index contributed by atoms with van der Waals surface area (Å²) in [6, 6.07) is 7.63. The largest absolute Gasteiger partial charge is 0.368 e. The van der Waals surface area contributed by atoms with Gasteiger partial charge in [-0.15, -0.1) is 11.6 Å². The number of piperidine rings is 1. The van der Waals surface area contributed by atoms with E-state index in [1.165, 1.54) is 61.9 Å². The zero-order chi connectivity index (χ0) is 13.2. The van der Waals surface area contributed by atoms with Crippen molar-refractivity contribution in [3.63, 3.8) is 0 Å². The first-order valence-corrected chi connectivity index (χ1v) is 8.25. The lowest BCUT2D eigenvalue weighted by Gasteiger charge is -2.45. The van der Waals surface area contributed by atoms with Crippen molar-refractivity contribution in [2.24, 2.45) is 5.92 Å². The molecule has 1 saturated heterocycles. The number of benzene rings is 1. The molecule has 1 aromatic rings. The predicted molar refractivity (Wildman–Crippen MR) is 83.1 cm³/mol. The summed E-state index contributed by atoms with van der Waals surface area (Å²) in [6.45, 7) is 3.42. The van der Waals surface area contributed by atoms with Gasteiger partial charge in [-0.1, -0.05) is 18.9 Å². The second-order valence-corrected chi connectivity index (χ2v) is 6.46. The molecule has 19 heavy (non-hydrogen) atoms. The predicted octanol–water partition coefficient (Wildman–Crippen LogP) is 4.89. The third-order valence-corrected chi connectivity index (χ3v) is 5.33. The zero-order valence-electron chi connectivity index (χ0n) is 11.9. The molecule has 1 heterocycles. The molecule has 1 saturated carbocycles. The van der Waals surface area contributed by atoms with Crippen LogP contribution in [0.15, 0.2) is 18.2 Å². The van der Waals surface area contributed by atoms with Crippen molar-refractivity contribution in [1.29, 1.82) is 0 Å². The van der Waals surface area contributed by atoms with Gasteiger partial charge in [0, 0.05) is 24.2 Å². The second kappa shape index (κ2) is 5.75. The standard InChI is InChI=1S/C17H24ClN/c1-13-11-16(9-8-15(13)12-18)19-10-4-6-14-5-2-3-7-17(14)19/h8-9,11,14,17H,2-7,10,12H2,1H3. The molecule has 2 fully saturated rings. The summed E-state index contributed by atoms with van der Waals surface area (Å²) >= 11 is 5.97. The van der Waals surface area contributed by atoms with Crippen LogP contribution in [0.1, 0.15) is 49.7 Å². The van der Waals surface area contributed by atoms with Gasteiger partial charge in [0.1, 0.15) is 0 Å². The minimum Gasteiger partial charge on any atom is -0.368 e. The molecule has 2 aliphatic rings. The number of nitrogens with zero attached hydrogens (tertiary/aromatic N) is 1. The number of hydrogen-bond donors (Lipinski definition) is 0. The Labute approximate surface area is 121 Å². The smallest absolute Gasteiger partial charge is 0.0476 e. The summed E-state index contributed by atoms with van der Waals surface area (Å²) < 4.78 is 0. The van der Waals surface area contributed by atoms with Crippen LogP contribution in [0, 0.1) is 12.8 Å². The molecule has 0 amide bonds. The van der Waals surface area contributed by atoms with Gasteiger partial charge in [0.2, 0.25) is 0 Å². The highest BCUT2D eigenvalue weighted by Gasteiger charge is 2.33. The lowest BCUT2D eigenvalue weighted by atomic mass is 9.78. The van der Waals surface area contributed by atoms with E-state index in [2.05, 4.69) is 30.0 Å².